The van der Waals surface area contributed by atoms with Crippen LogP contribution in [0.2, 0.25) is 0 Å². The zero-order valence-electron chi connectivity index (χ0n) is 14.8. The van der Waals surface area contributed by atoms with Gasteiger partial charge in [0.2, 0.25) is 0 Å². The average molecular weight is 360 g/mol. The lowest BCUT2D eigenvalue weighted by Gasteiger charge is -2.31. The molecular weight excluding hydrogens is 340 g/mol. The molecule has 2 nitrogen and oxygen atoms in total. The SMILES string of the molecule is CC(=O)C(Sc1ccccc1)C1=C2C[C@](C)(C#C/C=C/C#C[C@@H]2O)C=C1. The van der Waals surface area contributed by atoms with Gasteiger partial charge in [-0.15, -0.1) is 11.8 Å². The summed E-state index contributed by atoms with van der Waals surface area (Å²) in [5, 5.41) is 10.3. The maximum absolute atomic E-state index is 12.4. The minimum Gasteiger partial charge on any atom is -0.376 e. The third kappa shape index (κ3) is 4.20. The molecule has 1 aromatic carbocycles. The third-order valence-corrected chi connectivity index (χ3v) is 5.73. The van der Waals surface area contributed by atoms with Crippen LogP contribution >= 0.6 is 11.8 Å². The number of Topliss-reactive ketones (excluding diaryl/α,β-unsaturated/α-hetero) is 1. The summed E-state index contributed by atoms with van der Waals surface area (Å²) in [4.78, 5) is 13.4. The topological polar surface area (TPSA) is 37.3 Å². The van der Waals surface area contributed by atoms with E-state index in [4.69, 9.17) is 0 Å². The number of fused-ring (bicyclic) bond motifs is 2. The first kappa shape index (κ1) is 18.3. The van der Waals surface area contributed by atoms with Gasteiger partial charge in [-0.2, -0.15) is 0 Å². The van der Waals surface area contributed by atoms with Crippen LogP contribution in [0.25, 0.3) is 0 Å². The zero-order chi connectivity index (χ0) is 18.6. The molecule has 130 valence electrons. The van der Waals surface area contributed by atoms with Crippen LogP contribution < -0.4 is 0 Å². The molecule has 0 spiro atoms. The summed E-state index contributed by atoms with van der Waals surface area (Å²) in [5.74, 6) is 12.0. The molecule has 3 atom stereocenters. The van der Waals surface area contributed by atoms with Gasteiger partial charge in [-0.3, -0.25) is 4.79 Å². The number of hydrogen-bond acceptors (Lipinski definition) is 3. The van der Waals surface area contributed by atoms with E-state index >= 15 is 0 Å². The molecule has 1 unspecified atom stereocenters. The smallest absolute Gasteiger partial charge is 0.147 e. The van der Waals surface area contributed by atoms with Crippen LogP contribution in [0.3, 0.4) is 0 Å². The molecule has 0 fully saturated rings. The number of carbonyl (C=O) groups excluding carboxylic acids is 1. The van der Waals surface area contributed by atoms with Crippen molar-refractivity contribution in [1.29, 1.82) is 0 Å². The number of hydrogen-bond donors (Lipinski definition) is 1. The summed E-state index contributed by atoms with van der Waals surface area (Å²) >= 11 is 1.50. The Hall–Kier alpha value is -2.46. The Morgan fingerprint density at radius 2 is 2.00 bits per heavy atom. The zero-order valence-corrected chi connectivity index (χ0v) is 15.6. The number of aliphatic hydroxyl groups excluding tert-OH is 1. The number of carbonyl (C=O) groups is 1. The van der Waals surface area contributed by atoms with Crippen molar-refractivity contribution in [3.05, 3.63) is 65.8 Å². The van der Waals surface area contributed by atoms with Gasteiger partial charge in [0.25, 0.3) is 0 Å². The highest BCUT2D eigenvalue weighted by Gasteiger charge is 2.33. The Morgan fingerprint density at radius 1 is 1.27 bits per heavy atom. The van der Waals surface area contributed by atoms with Crippen LogP contribution in [0.4, 0.5) is 0 Å². The molecule has 0 amide bonds. The summed E-state index contributed by atoms with van der Waals surface area (Å²) < 4.78 is 0. The van der Waals surface area contributed by atoms with Gasteiger partial charge in [-0.05, 0) is 55.7 Å². The molecule has 0 saturated carbocycles. The van der Waals surface area contributed by atoms with Gasteiger partial charge in [-0.25, -0.2) is 0 Å². The second kappa shape index (κ2) is 7.83. The van der Waals surface area contributed by atoms with E-state index in [0.717, 1.165) is 16.0 Å². The van der Waals surface area contributed by atoms with E-state index in [1.165, 1.54) is 11.8 Å². The molecule has 1 aromatic rings. The lowest BCUT2D eigenvalue weighted by molar-refractivity contribution is -0.115. The fraction of sp³-hybridized carbons (Fsp3) is 0.261. The van der Waals surface area contributed by atoms with Crippen molar-refractivity contribution in [3.63, 3.8) is 0 Å². The van der Waals surface area contributed by atoms with Crippen LogP contribution in [0.1, 0.15) is 20.3 Å². The number of thioether (sulfide) groups is 1. The van der Waals surface area contributed by atoms with Crippen LogP contribution in [-0.2, 0) is 4.79 Å². The van der Waals surface area contributed by atoms with E-state index in [2.05, 4.69) is 23.7 Å². The lowest BCUT2D eigenvalue weighted by Crippen LogP contribution is -2.28. The number of rotatable bonds is 4. The average Bonchev–Trinajstić information content (AvgIpc) is 2.63. The Kier molecular flexibility index (Phi) is 5.52. The van der Waals surface area contributed by atoms with E-state index in [1.807, 2.05) is 49.4 Å². The van der Waals surface area contributed by atoms with Crippen LogP contribution in [0.15, 0.2) is 70.7 Å². The van der Waals surface area contributed by atoms with Gasteiger partial charge < -0.3 is 5.11 Å². The van der Waals surface area contributed by atoms with Crippen molar-refractivity contribution in [3.8, 4) is 23.7 Å². The standard InChI is InChI=1S/C23H20O2S/c1-17(24)22(26-18-10-6-5-7-11-18)19-13-15-23(2)14-9-4-3-8-12-21(25)20(19)16-23/h3-7,10-11,13,15,21-22,25H,16H2,1-2H3/b4-3+/t21-,22?,23+/m0/s1. The second-order valence-corrected chi connectivity index (χ2v) is 7.80. The molecule has 3 heteroatoms. The summed E-state index contributed by atoms with van der Waals surface area (Å²) in [5.41, 5.74) is 1.26. The van der Waals surface area contributed by atoms with E-state index in [-0.39, 0.29) is 16.4 Å². The Labute approximate surface area is 159 Å². The van der Waals surface area contributed by atoms with Crippen molar-refractivity contribution in [2.45, 2.75) is 36.5 Å². The van der Waals surface area contributed by atoms with E-state index in [0.29, 0.717) is 6.42 Å². The minimum atomic E-state index is -0.906. The predicted octanol–water partition coefficient (Wildman–Crippen LogP) is 3.94. The number of aliphatic hydroxyl groups is 1. The van der Waals surface area contributed by atoms with Crippen molar-refractivity contribution in [2.75, 3.05) is 0 Å². The summed E-state index contributed by atoms with van der Waals surface area (Å²) in [6.45, 7) is 3.63. The monoisotopic (exact) mass is 360 g/mol. The lowest BCUT2D eigenvalue weighted by atomic mass is 9.75. The highest BCUT2D eigenvalue weighted by molar-refractivity contribution is 8.00. The normalized spacial score (nSPS) is 26.0. The number of ketones is 1. The first-order chi connectivity index (χ1) is 12.5. The molecule has 2 bridgehead atoms. The highest BCUT2D eigenvalue weighted by Crippen LogP contribution is 2.40. The minimum absolute atomic E-state index is 0.0536. The molecule has 2 aliphatic carbocycles. The maximum atomic E-state index is 12.4. The summed E-state index contributed by atoms with van der Waals surface area (Å²) in [7, 11) is 0. The number of allylic oxidation sites excluding steroid dienone is 4. The molecule has 1 N–H and O–H groups in total. The van der Waals surface area contributed by atoms with Crippen LogP contribution in [0.5, 0.6) is 0 Å². The van der Waals surface area contributed by atoms with Crippen molar-refractivity contribution < 1.29 is 9.90 Å². The fourth-order valence-corrected chi connectivity index (χ4v) is 4.15. The van der Waals surface area contributed by atoms with Crippen LogP contribution in [0, 0.1) is 29.1 Å². The van der Waals surface area contributed by atoms with Crippen molar-refractivity contribution in [2.24, 2.45) is 5.41 Å². The highest BCUT2D eigenvalue weighted by atomic mass is 32.2. The van der Waals surface area contributed by atoms with Crippen molar-refractivity contribution in [1.82, 2.24) is 0 Å². The molecule has 3 rings (SSSR count). The molecular formula is C23H20O2S. The van der Waals surface area contributed by atoms with E-state index < -0.39 is 6.10 Å². The third-order valence-electron chi connectivity index (χ3n) is 4.37. The predicted molar refractivity (Wildman–Crippen MR) is 106 cm³/mol. The molecule has 26 heavy (non-hydrogen) atoms. The Balaban J connectivity index is 2.05. The molecule has 0 radical (unpaired) electrons. The molecule has 0 heterocycles. The van der Waals surface area contributed by atoms with Gasteiger partial charge >= 0.3 is 0 Å². The molecule has 2 aliphatic rings. The molecule has 0 saturated heterocycles. The summed E-state index contributed by atoms with van der Waals surface area (Å²) in [6, 6.07) is 9.84. The number of benzene rings is 1. The summed E-state index contributed by atoms with van der Waals surface area (Å²) in [6.07, 6.45) is 6.99. The first-order valence-electron chi connectivity index (χ1n) is 8.50. The van der Waals surface area contributed by atoms with Gasteiger partial charge in [0.15, 0.2) is 0 Å². The Bertz CT molecular complexity index is 916. The van der Waals surface area contributed by atoms with Gasteiger partial charge in [0, 0.05) is 4.90 Å². The van der Waals surface area contributed by atoms with Crippen LogP contribution in [-0.4, -0.2) is 22.2 Å². The largest absolute Gasteiger partial charge is 0.376 e. The van der Waals surface area contributed by atoms with Gasteiger partial charge in [0.1, 0.15) is 11.9 Å². The first-order valence-corrected chi connectivity index (χ1v) is 9.38. The van der Waals surface area contributed by atoms with Gasteiger partial charge in [0.05, 0.1) is 10.7 Å². The molecule has 0 aliphatic heterocycles. The van der Waals surface area contributed by atoms with Crippen molar-refractivity contribution >= 4 is 17.5 Å². The second-order valence-electron chi connectivity index (χ2n) is 6.62. The van der Waals surface area contributed by atoms with E-state index in [1.54, 1.807) is 19.1 Å². The maximum Gasteiger partial charge on any atom is 0.147 e. The quantitative estimate of drug-likeness (QED) is 0.653. The van der Waals surface area contributed by atoms with Gasteiger partial charge in [-0.1, -0.05) is 54.0 Å². The Morgan fingerprint density at radius 3 is 2.73 bits per heavy atom. The molecule has 0 aromatic heterocycles. The van der Waals surface area contributed by atoms with E-state index in [9.17, 15) is 9.90 Å². The fourth-order valence-electron chi connectivity index (χ4n) is 3.04.